The molecule has 0 aliphatic carbocycles. The second-order valence-corrected chi connectivity index (χ2v) is 8.36. The molecule has 3 N–H and O–H groups in total. The molecule has 0 bridgehead atoms. The number of benzene rings is 2. The average molecular weight is 416 g/mol. The molecule has 0 saturated heterocycles. The first kappa shape index (κ1) is 22.3. The number of ether oxygens (including phenoxy) is 1. The van der Waals surface area contributed by atoms with E-state index in [4.69, 9.17) is 9.88 Å². The number of hydrogen-bond acceptors (Lipinski definition) is 5. The van der Waals surface area contributed by atoms with E-state index in [-0.39, 0.29) is 10.6 Å². The van der Waals surface area contributed by atoms with Crippen LogP contribution in [0.3, 0.4) is 0 Å². The lowest BCUT2D eigenvalue weighted by Crippen LogP contribution is -2.29. The smallest absolute Gasteiger partial charge is 0.331 e. The molecule has 1 atom stereocenters. The lowest BCUT2D eigenvalue weighted by atomic mass is 10.0. The predicted octanol–water partition coefficient (Wildman–Crippen LogP) is 3.04. The van der Waals surface area contributed by atoms with E-state index in [0.717, 1.165) is 5.56 Å². The largest absolute Gasteiger partial charge is 0.449 e. The topological polar surface area (TPSA) is 116 Å². The first-order valence-electron chi connectivity index (χ1n) is 8.98. The van der Waals surface area contributed by atoms with Crippen LogP contribution in [0.15, 0.2) is 59.5 Å². The molecule has 0 radical (unpaired) electrons. The second kappa shape index (κ2) is 9.49. The normalized spacial score (nSPS) is 12.7. The van der Waals surface area contributed by atoms with Gasteiger partial charge in [0.2, 0.25) is 10.0 Å². The third-order valence-corrected chi connectivity index (χ3v) is 5.02. The number of sulfonamides is 1. The van der Waals surface area contributed by atoms with Gasteiger partial charge in [-0.3, -0.25) is 4.79 Å². The zero-order valence-electron chi connectivity index (χ0n) is 16.5. The Hall–Kier alpha value is -2.97. The Labute approximate surface area is 170 Å². The predicted molar refractivity (Wildman–Crippen MR) is 112 cm³/mol. The molecule has 0 saturated carbocycles. The van der Waals surface area contributed by atoms with Crippen LogP contribution in [0.1, 0.15) is 37.8 Å². The molecular formula is C21H24N2O5S. The molecule has 1 unspecified atom stereocenters. The van der Waals surface area contributed by atoms with Gasteiger partial charge in [0.1, 0.15) is 0 Å². The fourth-order valence-corrected chi connectivity index (χ4v) is 2.98. The van der Waals surface area contributed by atoms with Crippen molar-refractivity contribution >= 4 is 33.7 Å². The Morgan fingerprint density at radius 3 is 2.31 bits per heavy atom. The summed E-state index contributed by atoms with van der Waals surface area (Å²) in [4.78, 5) is 24.0. The monoisotopic (exact) mass is 416 g/mol. The average Bonchev–Trinajstić information content (AvgIpc) is 2.66. The summed E-state index contributed by atoms with van der Waals surface area (Å²) in [5, 5.41) is 7.56. The van der Waals surface area contributed by atoms with Crippen LogP contribution in [0.2, 0.25) is 0 Å². The van der Waals surface area contributed by atoms with Crippen LogP contribution in [-0.4, -0.2) is 26.4 Å². The summed E-state index contributed by atoms with van der Waals surface area (Å²) in [7, 11) is -3.89. The summed E-state index contributed by atoms with van der Waals surface area (Å²) in [6.07, 6.45) is 1.77. The van der Waals surface area contributed by atoms with E-state index in [1.807, 2.05) is 24.3 Å². The molecule has 0 aliphatic rings. The van der Waals surface area contributed by atoms with Crippen molar-refractivity contribution in [2.24, 2.45) is 5.14 Å². The quantitative estimate of drug-likeness (QED) is 0.532. The summed E-state index contributed by atoms with van der Waals surface area (Å²) in [6, 6.07) is 13.3. The lowest BCUT2D eigenvalue weighted by molar-refractivity contribution is -0.148. The van der Waals surface area contributed by atoms with E-state index >= 15 is 0 Å². The molecular weight excluding hydrogens is 392 g/mol. The van der Waals surface area contributed by atoms with Crippen LogP contribution >= 0.6 is 0 Å². The number of amides is 1. The summed E-state index contributed by atoms with van der Waals surface area (Å²) in [5.74, 6) is -0.846. The standard InChI is InChI=1S/C21H24N2O5S/c1-14(2)17-10-7-16(8-11-17)9-12-20(24)28-15(3)21(25)23-18-5-4-6-19(13-18)29(22,26)27/h4-15H,1-3H3,(H,23,25)(H2,22,26,27)/b12-9+. The van der Waals surface area contributed by atoms with Gasteiger partial charge in [-0.25, -0.2) is 18.4 Å². The molecule has 0 aromatic heterocycles. The lowest BCUT2D eigenvalue weighted by Gasteiger charge is -2.13. The zero-order valence-corrected chi connectivity index (χ0v) is 17.3. The van der Waals surface area contributed by atoms with Gasteiger partial charge in [-0.2, -0.15) is 0 Å². The minimum absolute atomic E-state index is 0.133. The molecule has 7 nitrogen and oxygen atoms in total. The third kappa shape index (κ3) is 6.85. The fourth-order valence-electron chi connectivity index (χ4n) is 2.42. The van der Waals surface area contributed by atoms with E-state index in [1.54, 1.807) is 6.08 Å². The molecule has 1 amide bonds. The highest BCUT2D eigenvalue weighted by atomic mass is 32.2. The highest BCUT2D eigenvalue weighted by Gasteiger charge is 2.17. The summed E-state index contributed by atoms with van der Waals surface area (Å²) in [5.41, 5.74) is 2.26. The minimum Gasteiger partial charge on any atom is -0.449 e. The van der Waals surface area contributed by atoms with Gasteiger partial charge in [0, 0.05) is 11.8 Å². The molecule has 8 heteroatoms. The maximum Gasteiger partial charge on any atom is 0.331 e. The van der Waals surface area contributed by atoms with Crippen LogP contribution in [0.5, 0.6) is 0 Å². The van der Waals surface area contributed by atoms with Gasteiger partial charge < -0.3 is 10.1 Å². The van der Waals surface area contributed by atoms with Gasteiger partial charge in [-0.1, -0.05) is 44.2 Å². The highest BCUT2D eigenvalue weighted by Crippen LogP contribution is 2.16. The fraction of sp³-hybridized carbons (Fsp3) is 0.238. The number of anilines is 1. The molecule has 2 aromatic rings. The van der Waals surface area contributed by atoms with E-state index in [1.165, 1.54) is 42.8 Å². The Bertz CT molecular complexity index is 1010. The number of nitrogens with two attached hydrogens (primary N) is 1. The van der Waals surface area contributed by atoms with Crippen LogP contribution in [0.4, 0.5) is 5.69 Å². The van der Waals surface area contributed by atoms with Crippen molar-refractivity contribution in [2.75, 3.05) is 5.32 Å². The van der Waals surface area contributed by atoms with Crippen LogP contribution < -0.4 is 10.5 Å². The van der Waals surface area contributed by atoms with Crippen molar-refractivity contribution in [1.29, 1.82) is 0 Å². The van der Waals surface area contributed by atoms with Gasteiger partial charge >= 0.3 is 5.97 Å². The maximum atomic E-state index is 12.2. The number of carbonyl (C=O) groups excluding carboxylic acids is 2. The number of rotatable bonds is 7. The first-order valence-corrected chi connectivity index (χ1v) is 10.5. The number of primary sulfonamides is 1. The molecule has 0 aliphatic heterocycles. The van der Waals surface area contributed by atoms with Crippen molar-refractivity contribution in [2.45, 2.75) is 37.7 Å². The molecule has 29 heavy (non-hydrogen) atoms. The zero-order chi connectivity index (χ0) is 21.6. The summed E-state index contributed by atoms with van der Waals surface area (Å²) in [6.45, 7) is 5.61. The second-order valence-electron chi connectivity index (χ2n) is 6.80. The van der Waals surface area contributed by atoms with E-state index in [2.05, 4.69) is 19.2 Å². The van der Waals surface area contributed by atoms with Gasteiger partial charge in [-0.15, -0.1) is 0 Å². The van der Waals surface area contributed by atoms with Gasteiger partial charge in [0.15, 0.2) is 6.10 Å². The third-order valence-electron chi connectivity index (χ3n) is 4.11. The first-order chi connectivity index (χ1) is 13.6. The van der Waals surface area contributed by atoms with Crippen LogP contribution in [-0.2, 0) is 24.3 Å². The SMILES string of the molecule is CC(OC(=O)/C=C/c1ccc(C(C)C)cc1)C(=O)Nc1cccc(S(N)(=O)=O)c1. The molecule has 2 rings (SSSR count). The Morgan fingerprint density at radius 1 is 1.07 bits per heavy atom. The van der Waals surface area contributed by atoms with Crippen molar-refractivity contribution in [3.63, 3.8) is 0 Å². The minimum atomic E-state index is -3.89. The van der Waals surface area contributed by atoms with Crippen molar-refractivity contribution < 1.29 is 22.7 Å². The van der Waals surface area contributed by atoms with E-state index < -0.39 is 28.0 Å². The van der Waals surface area contributed by atoms with Gasteiger partial charge in [0.05, 0.1) is 4.90 Å². The number of esters is 1. The molecule has 0 spiro atoms. The molecule has 154 valence electrons. The summed E-state index contributed by atoms with van der Waals surface area (Å²) >= 11 is 0. The Morgan fingerprint density at radius 2 is 1.72 bits per heavy atom. The number of carbonyl (C=O) groups is 2. The van der Waals surface area contributed by atoms with E-state index in [0.29, 0.717) is 5.92 Å². The van der Waals surface area contributed by atoms with Gasteiger partial charge in [-0.05, 0) is 48.2 Å². The maximum absolute atomic E-state index is 12.2. The van der Waals surface area contributed by atoms with Crippen molar-refractivity contribution in [3.05, 3.63) is 65.7 Å². The Balaban J connectivity index is 1.94. The number of nitrogens with one attached hydrogen (secondary N) is 1. The summed E-state index contributed by atoms with van der Waals surface area (Å²) < 4.78 is 27.8. The van der Waals surface area contributed by atoms with Crippen molar-refractivity contribution in [3.8, 4) is 0 Å². The van der Waals surface area contributed by atoms with Gasteiger partial charge in [0.25, 0.3) is 5.91 Å². The highest BCUT2D eigenvalue weighted by molar-refractivity contribution is 7.89. The van der Waals surface area contributed by atoms with Crippen molar-refractivity contribution in [1.82, 2.24) is 0 Å². The Kier molecular flexibility index (Phi) is 7.30. The van der Waals surface area contributed by atoms with Crippen LogP contribution in [0.25, 0.3) is 6.08 Å². The molecule has 2 aromatic carbocycles. The number of hydrogen-bond donors (Lipinski definition) is 2. The molecule has 0 heterocycles. The van der Waals surface area contributed by atoms with Crippen LogP contribution in [0, 0.1) is 0 Å². The van der Waals surface area contributed by atoms with E-state index in [9.17, 15) is 18.0 Å². The molecule has 0 fully saturated rings.